The fourth-order valence-electron chi connectivity index (χ4n) is 1.83. The fraction of sp³-hybridized carbons (Fsp3) is 0.250. The summed E-state index contributed by atoms with van der Waals surface area (Å²) in [5.41, 5.74) is 7.58. The van der Waals surface area contributed by atoms with Gasteiger partial charge in [0, 0.05) is 6.04 Å². The molecule has 0 radical (unpaired) electrons. The lowest BCUT2D eigenvalue weighted by Gasteiger charge is -2.16. The lowest BCUT2D eigenvalue weighted by Crippen LogP contribution is -2.24. The molecule has 0 spiro atoms. The Morgan fingerprint density at radius 2 is 1.80 bits per heavy atom. The van der Waals surface area contributed by atoms with Crippen molar-refractivity contribution in [2.75, 3.05) is 0 Å². The van der Waals surface area contributed by atoms with Crippen LogP contribution >= 0.6 is 12.4 Å². The molecular formula is C16H20ClNO2. The summed E-state index contributed by atoms with van der Waals surface area (Å²) in [6.07, 6.45) is -0.666. The molecule has 3 nitrogen and oxygen atoms in total. The van der Waals surface area contributed by atoms with Gasteiger partial charge in [0.1, 0.15) is 12.4 Å². The maximum absolute atomic E-state index is 9.93. The third-order valence-corrected chi connectivity index (χ3v) is 2.95. The third-order valence-electron chi connectivity index (χ3n) is 2.95. The molecule has 0 saturated carbocycles. The van der Waals surface area contributed by atoms with Crippen LogP contribution in [0.2, 0.25) is 0 Å². The van der Waals surface area contributed by atoms with Gasteiger partial charge in [0.25, 0.3) is 0 Å². The zero-order valence-electron chi connectivity index (χ0n) is 11.4. The van der Waals surface area contributed by atoms with Crippen molar-refractivity contribution in [2.24, 2.45) is 5.73 Å². The number of aliphatic hydroxyl groups is 1. The Kier molecular flexibility index (Phi) is 6.52. The number of aliphatic hydroxyl groups excluding tert-OH is 1. The van der Waals surface area contributed by atoms with Gasteiger partial charge in [0.2, 0.25) is 0 Å². The highest BCUT2D eigenvalue weighted by molar-refractivity contribution is 5.85. The molecule has 0 amide bonds. The zero-order valence-corrected chi connectivity index (χ0v) is 12.2. The molecule has 3 N–H and O–H groups in total. The second-order valence-electron chi connectivity index (χ2n) is 4.65. The highest BCUT2D eigenvalue weighted by atomic mass is 35.5. The first-order chi connectivity index (χ1) is 9.16. The third kappa shape index (κ3) is 4.53. The standard InChI is InChI=1S/C16H19NO2.ClH/c1-12(17)16(18)14-8-5-9-15(10-14)19-11-13-6-3-2-4-7-13;/h2-10,12,16,18H,11,17H2,1H3;1H. The number of hydrogen-bond donors (Lipinski definition) is 2. The molecule has 4 heteroatoms. The average Bonchev–Trinajstić information content (AvgIpc) is 2.45. The number of hydrogen-bond acceptors (Lipinski definition) is 3. The number of halogens is 1. The maximum Gasteiger partial charge on any atom is 0.120 e. The van der Waals surface area contributed by atoms with E-state index in [0.717, 1.165) is 16.9 Å². The van der Waals surface area contributed by atoms with Crippen molar-refractivity contribution in [2.45, 2.75) is 25.7 Å². The summed E-state index contributed by atoms with van der Waals surface area (Å²) in [6.45, 7) is 2.29. The van der Waals surface area contributed by atoms with Crippen molar-refractivity contribution < 1.29 is 9.84 Å². The minimum Gasteiger partial charge on any atom is -0.489 e. The maximum atomic E-state index is 9.93. The van der Waals surface area contributed by atoms with Crippen LogP contribution < -0.4 is 10.5 Å². The molecule has 0 aliphatic heterocycles. The quantitative estimate of drug-likeness (QED) is 0.891. The Labute approximate surface area is 125 Å². The van der Waals surface area contributed by atoms with Gasteiger partial charge in [-0.2, -0.15) is 0 Å². The predicted molar refractivity (Wildman–Crippen MR) is 83.1 cm³/mol. The van der Waals surface area contributed by atoms with Gasteiger partial charge in [-0.15, -0.1) is 12.4 Å². The van der Waals surface area contributed by atoms with Crippen LogP contribution in [0, 0.1) is 0 Å². The van der Waals surface area contributed by atoms with Crippen LogP contribution in [0.4, 0.5) is 0 Å². The molecule has 2 unspecified atom stereocenters. The summed E-state index contributed by atoms with van der Waals surface area (Å²) in [7, 11) is 0. The molecule has 2 atom stereocenters. The summed E-state index contributed by atoms with van der Waals surface area (Å²) < 4.78 is 5.71. The van der Waals surface area contributed by atoms with Crippen LogP contribution in [-0.4, -0.2) is 11.1 Å². The monoisotopic (exact) mass is 293 g/mol. The van der Waals surface area contributed by atoms with Crippen LogP contribution in [0.15, 0.2) is 54.6 Å². The van der Waals surface area contributed by atoms with Crippen molar-refractivity contribution in [1.82, 2.24) is 0 Å². The summed E-state index contributed by atoms with van der Waals surface area (Å²) >= 11 is 0. The lowest BCUT2D eigenvalue weighted by molar-refractivity contribution is 0.153. The van der Waals surface area contributed by atoms with E-state index in [-0.39, 0.29) is 18.4 Å². The van der Waals surface area contributed by atoms with Crippen LogP contribution in [0.1, 0.15) is 24.2 Å². The van der Waals surface area contributed by atoms with E-state index in [0.29, 0.717) is 6.61 Å². The molecule has 0 bridgehead atoms. The van der Waals surface area contributed by atoms with Gasteiger partial charge in [-0.05, 0) is 30.2 Å². The molecule has 0 aliphatic carbocycles. The first kappa shape index (κ1) is 16.5. The van der Waals surface area contributed by atoms with E-state index >= 15 is 0 Å². The van der Waals surface area contributed by atoms with Gasteiger partial charge in [0.15, 0.2) is 0 Å². The highest BCUT2D eigenvalue weighted by Crippen LogP contribution is 2.21. The van der Waals surface area contributed by atoms with Crippen LogP contribution in [-0.2, 0) is 6.61 Å². The van der Waals surface area contributed by atoms with Gasteiger partial charge in [0.05, 0.1) is 6.10 Å². The topological polar surface area (TPSA) is 55.5 Å². The summed E-state index contributed by atoms with van der Waals surface area (Å²) in [5.74, 6) is 0.737. The van der Waals surface area contributed by atoms with Crippen molar-refractivity contribution in [3.8, 4) is 5.75 Å². The zero-order chi connectivity index (χ0) is 13.7. The lowest BCUT2D eigenvalue weighted by atomic mass is 10.0. The normalized spacial score (nSPS) is 13.2. The van der Waals surface area contributed by atoms with E-state index in [4.69, 9.17) is 10.5 Å². The second-order valence-corrected chi connectivity index (χ2v) is 4.65. The van der Waals surface area contributed by atoms with Crippen molar-refractivity contribution in [3.05, 3.63) is 65.7 Å². The first-order valence-electron chi connectivity index (χ1n) is 6.37. The van der Waals surface area contributed by atoms with E-state index in [1.165, 1.54) is 0 Å². The van der Waals surface area contributed by atoms with Crippen LogP contribution in [0.3, 0.4) is 0 Å². The number of benzene rings is 2. The van der Waals surface area contributed by atoms with Gasteiger partial charge in [-0.3, -0.25) is 0 Å². The molecule has 108 valence electrons. The second kappa shape index (κ2) is 7.90. The smallest absolute Gasteiger partial charge is 0.120 e. The molecule has 2 rings (SSSR count). The molecule has 0 heterocycles. The number of nitrogens with two attached hydrogens (primary N) is 1. The fourth-order valence-corrected chi connectivity index (χ4v) is 1.83. The van der Waals surface area contributed by atoms with E-state index < -0.39 is 6.10 Å². The molecular weight excluding hydrogens is 274 g/mol. The van der Waals surface area contributed by atoms with Crippen LogP contribution in [0.5, 0.6) is 5.75 Å². The molecule has 2 aromatic carbocycles. The highest BCUT2D eigenvalue weighted by Gasteiger charge is 2.12. The average molecular weight is 294 g/mol. The van der Waals surface area contributed by atoms with E-state index in [1.54, 1.807) is 6.92 Å². The molecule has 0 aliphatic rings. The Balaban J connectivity index is 0.00000200. The van der Waals surface area contributed by atoms with Gasteiger partial charge < -0.3 is 15.6 Å². The van der Waals surface area contributed by atoms with Gasteiger partial charge in [-0.25, -0.2) is 0 Å². The SMILES string of the molecule is CC(N)C(O)c1cccc(OCc2ccccc2)c1.Cl. The van der Waals surface area contributed by atoms with Gasteiger partial charge in [-0.1, -0.05) is 42.5 Å². The summed E-state index contributed by atoms with van der Waals surface area (Å²) in [4.78, 5) is 0. The predicted octanol–water partition coefficient (Wildman–Crippen LogP) is 3.07. The Hall–Kier alpha value is -1.55. The van der Waals surface area contributed by atoms with E-state index in [1.807, 2.05) is 54.6 Å². The summed E-state index contributed by atoms with van der Waals surface area (Å²) in [5, 5.41) is 9.93. The largest absolute Gasteiger partial charge is 0.489 e. The first-order valence-corrected chi connectivity index (χ1v) is 6.37. The summed E-state index contributed by atoms with van der Waals surface area (Å²) in [6, 6.07) is 17.1. The molecule has 20 heavy (non-hydrogen) atoms. The number of ether oxygens (including phenoxy) is 1. The molecule has 0 aromatic heterocycles. The minimum atomic E-state index is -0.666. The molecule has 2 aromatic rings. The minimum absolute atomic E-state index is 0. The Bertz CT molecular complexity index is 517. The van der Waals surface area contributed by atoms with E-state index in [9.17, 15) is 5.11 Å². The van der Waals surface area contributed by atoms with Crippen molar-refractivity contribution in [1.29, 1.82) is 0 Å². The number of rotatable bonds is 5. The molecule has 0 fully saturated rings. The van der Waals surface area contributed by atoms with Gasteiger partial charge >= 0.3 is 0 Å². The molecule has 0 saturated heterocycles. The van der Waals surface area contributed by atoms with Crippen molar-refractivity contribution >= 4 is 12.4 Å². The van der Waals surface area contributed by atoms with Crippen molar-refractivity contribution in [3.63, 3.8) is 0 Å². The van der Waals surface area contributed by atoms with Crippen LogP contribution in [0.25, 0.3) is 0 Å². The Morgan fingerprint density at radius 3 is 2.45 bits per heavy atom. The van der Waals surface area contributed by atoms with E-state index in [2.05, 4.69) is 0 Å². The Morgan fingerprint density at radius 1 is 1.10 bits per heavy atom.